The Balaban J connectivity index is 1.77. The smallest absolute Gasteiger partial charge is 0.369 e. The van der Waals surface area contributed by atoms with Crippen LogP contribution < -0.4 is 0 Å². The number of hydrogen-bond acceptors (Lipinski definition) is 3. The molecule has 1 heterocycles. The highest BCUT2D eigenvalue weighted by atomic mass is 35.5. The standard InChI is InChI=1S/C23H17ClF2O4/c24-18-7-1-17(2-8-18)23(21(27)28)29-13-22(14-30-23,15-3-9-19(25)10-4-15)16-5-11-20(26)12-6-16/h1-12H,13-14H2,(H,27,28). The third-order valence-electron chi connectivity index (χ3n) is 5.34. The lowest BCUT2D eigenvalue weighted by Crippen LogP contribution is -2.54. The lowest BCUT2D eigenvalue weighted by molar-refractivity contribution is -0.287. The second kappa shape index (κ2) is 7.80. The van der Waals surface area contributed by atoms with Crippen LogP contribution in [0, 0.1) is 11.6 Å². The molecule has 0 unspecified atom stereocenters. The van der Waals surface area contributed by atoms with Gasteiger partial charge in [0.05, 0.1) is 18.6 Å². The van der Waals surface area contributed by atoms with Gasteiger partial charge >= 0.3 is 5.97 Å². The molecule has 4 nitrogen and oxygen atoms in total. The summed E-state index contributed by atoms with van der Waals surface area (Å²) in [5.74, 6) is -4.15. The van der Waals surface area contributed by atoms with Gasteiger partial charge in [0.15, 0.2) is 0 Å². The Labute approximate surface area is 176 Å². The summed E-state index contributed by atoms with van der Waals surface area (Å²) in [4.78, 5) is 12.2. The molecule has 3 aromatic carbocycles. The predicted octanol–water partition coefficient (Wildman–Crippen LogP) is 4.89. The van der Waals surface area contributed by atoms with Gasteiger partial charge in [-0.1, -0.05) is 48.0 Å². The summed E-state index contributed by atoms with van der Waals surface area (Å²) in [5, 5.41) is 10.4. The Morgan fingerprint density at radius 3 is 1.57 bits per heavy atom. The lowest BCUT2D eigenvalue weighted by atomic mass is 9.75. The topological polar surface area (TPSA) is 55.8 Å². The Hall–Kier alpha value is -2.80. The van der Waals surface area contributed by atoms with Gasteiger partial charge in [-0.15, -0.1) is 0 Å². The number of aliphatic carboxylic acids is 1. The summed E-state index contributed by atoms with van der Waals surface area (Å²) in [6.07, 6.45) is 0. The molecule has 1 aliphatic rings. The Kier molecular flexibility index (Phi) is 5.32. The number of carbonyl (C=O) groups is 1. The number of rotatable bonds is 4. The van der Waals surface area contributed by atoms with Crippen LogP contribution in [-0.4, -0.2) is 24.3 Å². The molecule has 1 aliphatic heterocycles. The minimum absolute atomic E-state index is 0.0841. The molecule has 30 heavy (non-hydrogen) atoms. The van der Waals surface area contributed by atoms with Crippen molar-refractivity contribution in [2.75, 3.05) is 13.2 Å². The van der Waals surface area contributed by atoms with E-state index in [1.807, 2.05) is 0 Å². The fourth-order valence-corrected chi connectivity index (χ4v) is 3.78. The maximum atomic E-state index is 13.5. The van der Waals surface area contributed by atoms with Gasteiger partial charge in [0, 0.05) is 10.6 Å². The zero-order valence-electron chi connectivity index (χ0n) is 15.6. The summed E-state index contributed by atoms with van der Waals surface area (Å²) in [7, 11) is 0. The second-order valence-corrected chi connectivity index (χ2v) is 7.54. The van der Waals surface area contributed by atoms with E-state index in [4.69, 9.17) is 21.1 Å². The normalized spacial score (nSPS) is 17.4. The quantitative estimate of drug-likeness (QED) is 0.640. The van der Waals surface area contributed by atoms with Gasteiger partial charge in [-0.05, 0) is 47.5 Å². The summed E-state index contributed by atoms with van der Waals surface area (Å²) in [5.41, 5.74) is 0.648. The minimum Gasteiger partial charge on any atom is -0.477 e. The number of ether oxygens (including phenoxy) is 2. The van der Waals surface area contributed by atoms with Gasteiger partial charge in [-0.25, -0.2) is 13.6 Å². The Morgan fingerprint density at radius 1 is 0.767 bits per heavy atom. The number of benzene rings is 3. The van der Waals surface area contributed by atoms with E-state index in [9.17, 15) is 18.7 Å². The van der Waals surface area contributed by atoms with E-state index in [1.54, 1.807) is 36.4 Å². The molecule has 1 fully saturated rings. The molecule has 0 aromatic heterocycles. The van der Waals surface area contributed by atoms with Crippen molar-refractivity contribution in [3.63, 3.8) is 0 Å². The van der Waals surface area contributed by atoms with Crippen LogP contribution in [0.2, 0.25) is 5.02 Å². The predicted molar refractivity (Wildman–Crippen MR) is 106 cm³/mol. The molecule has 3 aromatic rings. The zero-order chi connectivity index (χ0) is 21.4. The van der Waals surface area contributed by atoms with Crippen molar-refractivity contribution in [2.45, 2.75) is 11.2 Å². The van der Waals surface area contributed by atoms with Crippen LogP contribution in [0.1, 0.15) is 16.7 Å². The van der Waals surface area contributed by atoms with Crippen molar-refractivity contribution < 1.29 is 28.2 Å². The molecule has 0 radical (unpaired) electrons. The first-order valence-electron chi connectivity index (χ1n) is 9.15. The van der Waals surface area contributed by atoms with Crippen molar-refractivity contribution in [2.24, 2.45) is 0 Å². The van der Waals surface area contributed by atoms with Crippen molar-refractivity contribution in [1.29, 1.82) is 0 Å². The SMILES string of the molecule is O=C(O)C1(c2ccc(Cl)cc2)OCC(c2ccc(F)cc2)(c2ccc(F)cc2)CO1. The summed E-state index contributed by atoms with van der Waals surface area (Å²) < 4.78 is 38.8. The Bertz CT molecular complexity index is 995. The number of carboxylic acid groups (broad SMARTS) is 1. The number of carboxylic acids is 1. The van der Waals surface area contributed by atoms with Crippen molar-refractivity contribution in [1.82, 2.24) is 0 Å². The van der Waals surface area contributed by atoms with E-state index in [2.05, 4.69) is 0 Å². The molecule has 0 spiro atoms. The molecule has 1 saturated heterocycles. The monoisotopic (exact) mass is 430 g/mol. The van der Waals surface area contributed by atoms with Crippen LogP contribution in [-0.2, 0) is 25.5 Å². The van der Waals surface area contributed by atoms with Crippen molar-refractivity contribution >= 4 is 17.6 Å². The fourth-order valence-electron chi connectivity index (χ4n) is 3.65. The fraction of sp³-hybridized carbons (Fsp3) is 0.174. The third-order valence-corrected chi connectivity index (χ3v) is 5.60. The summed E-state index contributed by atoms with van der Waals surface area (Å²) in [6, 6.07) is 17.7. The Morgan fingerprint density at radius 2 is 1.17 bits per heavy atom. The molecule has 0 amide bonds. The van der Waals surface area contributed by atoms with Gasteiger partial charge < -0.3 is 14.6 Å². The third kappa shape index (κ3) is 3.47. The van der Waals surface area contributed by atoms with Crippen LogP contribution in [0.15, 0.2) is 72.8 Å². The minimum atomic E-state index is -2.02. The molecule has 0 atom stereocenters. The highest BCUT2D eigenvalue weighted by molar-refractivity contribution is 6.30. The largest absolute Gasteiger partial charge is 0.477 e. The number of hydrogen-bond donors (Lipinski definition) is 1. The highest BCUT2D eigenvalue weighted by Gasteiger charge is 2.52. The van der Waals surface area contributed by atoms with Crippen LogP contribution in [0.25, 0.3) is 0 Å². The van der Waals surface area contributed by atoms with Gasteiger partial charge in [0.2, 0.25) is 0 Å². The maximum Gasteiger partial charge on any atom is 0.369 e. The van der Waals surface area contributed by atoms with E-state index >= 15 is 0 Å². The van der Waals surface area contributed by atoms with E-state index in [1.165, 1.54) is 36.4 Å². The first-order valence-corrected chi connectivity index (χ1v) is 9.53. The molecular formula is C23H17ClF2O4. The van der Waals surface area contributed by atoms with Crippen LogP contribution in [0.3, 0.4) is 0 Å². The molecule has 0 bridgehead atoms. The van der Waals surface area contributed by atoms with Crippen LogP contribution in [0.5, 0.6) is 0 Å². The van der Waals surface area contributed by atoms with Crippen molar-refractivity contribution in [3.8, 4) is 0 Å². The summed E-state index contributed by atoms with van der Waals surface area (Å²) >= 11 is 5.92. The van der Waals surface area contributed by atoms with E-state index in [0.29, 0.717) is 16.1 Å². The molecule has 1 N–H and O–H groups in total. The van der Waals surface area contributed by atoms with Crippen LogP contribution in [0.4, 0.5) is 8.78 Å². The summed E-state index contributed by atoms with van der Waals surface area (Å²) in [6.45, 7) is -0.168. The zero-order valence-corrected chi connectivity index (χ0v) is 16.4. The first kappa shape index (κ1) is 20.5. The maximum absolute atomic E-state index is 13.5. The van der Waals surface area contributed by atoms with Crippen LogP contribution >= 0.6 is 11.6 Å². The molecular weight excluding hydrogens is 414 g/mol. The average Bonchev–Trinajstić information content (AvgIpc) is 2.75. The van der Waals surface area contributed by atoms with E-state index < -0.39 is 28.8 Å². The molecule has 4 rings (SSSR count). The van der Waals surface area contributed by atoms with Gasteiger partial charge in [-0.2, -0.15) is 0 Å². The van der Waals surface area contributed by atoms with Crippen molar-refractivity contribution in [3.05, 3.63) is 106 Å². The van der Waals surface area contributed by atoms with Gasteiger partial charge in [0.1, 0.15) is 11.6 Å². The highest BCUT2D eigenvalue weighted by Crippen LogP contribution is 2.43. The number of halogens is 3. The van der Waals surface area contributed by atoms with Gasteiger partial charge in [0.25, 0.3) is 5.79 Å². The molecule has 0 aliphatic carbocycles. The first-order chi connectivity index (χ1) is 14.4. The molecule has 154 valence electrons. The van der Waals surface area contributed by atoms with Gasteiger partial charge in [-0.3, -0.25) is 0 Å². The van der Waals surface area contributed by atoms with E-state index in [-0.39, 0.29) is 18.8 Å². The average molecular weight is 431 g/mol. The molecule has 0 saturated carbocycles. The lowest BCUT2D eigenvalue weighted by Gasteiger charge is -2.45. The molecule has 7 heteroatoms. The second-order valence-electron chi connectivity index (χ2n) is 7.10. The van der Waals surface area contributed by atoms with E-state index in [0.717, 1.165) is 0 Å².